The first-order valence-electron chi connectivity index (χ1n) is 9.46. The maximum absolute atomic E-state index is 13.3. The number of hydrogen-bond donors (Lipinski definition) is 0. The molecule has 0 saturated carbocycles. The molecule has 0 N–H and O–H groups in total. The van der Waals surface area contributed by atoms with Crippen LogP contribution in [0.25, 0.3) is 0 Å². The molecule has 7 heteroatoms. The van der Waals surface area contributed by atoms with Gasteiger partial charge >= 0.3 is 0 Å². The summed E-state index contributed by atoms with van der Waals surface area (Å²) in [5.41, 5.74) is 0.958. The molecule has 1 aliphatic rings. The van der Waals surface area contributed by atoms with Gasteiger partial charge in [0.05, 0.1) is 6.20 Å². The van der Waals surface area contributed by atoms with Gasteiger partial charge in [0.1, 0.15) is 23.4 Å². The van der Waals surface area contributed by atoms with Gasteiger partial charge in [0, 0.05) is 24.1 Å². The van der Waals surface area contributed by atoms with Crippen LogP contribution in [0, 0.1) is 5.82 Å². The Hall–Kier alpha value is -2.86. The summed E-state index contributed by atoms with van der Waals surface area (Å²) in [4.78, 5) is 18.8. The lowest BCUT2D eigenvalue weighted by Gasteiger charge is -2.22. The van der Waals surface area contributed by atoms with Gasteiger partial charge in [0.2, 0.25) is 5.89 Å². The third kappa shape index (κ3) is 4.59. The van der Waals surface area contributed by atoms with Gasteiger partial charge < -0.3 is 14.1 Å². The zero-order valence-corrected chi connectivity index (χ0v) is 16.4. The highest BCUT2D eigenvalue weighted by atomic mass is 35.5. The molecule has 1 fully saturated rings. The van der Waals surface area contributed by atoms with Crippen molar-refractivity contribution in [2.45, 2.75) is 25.3 Å². The fraction of sp³-hybridized carbons (Fsp3) is 0.273. The Balaban J connectivity index is 1.41. The number of hydrogen-bond acceptors (Lipinski definition) is 4. The van der Waals surface area contributed by atoms with E-state index >= 15 is 0 Å². The molecule has 0 bridgehead atoms. The summed E-state index contributed by atoms with van der Waals surface area (Å²) in [6.07, 6.45) is 3.86. The first-order chi connectivity index (χ1) is 14.1. The molecular formula is C22H20ClFN2O3. The molecule has 150 valence electrons. The predicted octanol–water partition coefficient (Wildman–Crippen LogP) is 4.80. The molecule has 3 aromatic rings. The largest absolute Gasteiger partial charge is 0.484 e. The lowest BCUT2D eigenvalue weighted by atomic mass is 10.1. The third-order valence-electron chi connectivity index (χ3n) is 4.91. The molecule has 0 radical (unpaired) electrons. The van der Waals surface area contributed by atoms with E-state index in [0.29, 0.717) is 35.4 Å². The number of amides is 1. The maximum atomic E-state index is 13.3. The Kier molecular flexibility index (Phi) is 5.81. The van der Waals surface area contributed by atoms with E-state index in [1.165, 1.54) is 12.1 Å². The average Bonchev–Trinajstić information content (AvgIpc) is 3.37. The van der Waals surface area contributed by atoms with Crippen LogP contribution < -0.4 is 4.74 Å². The van der Waals surface area contributed by atoms with Gasteiger partial charge in [-0.05, 0) is 36.6 Å². The zero-order valence-electron chi connectivity index (χ0n) is 15.7. The van der Waals surface area contributed by atoms with Crippen molar-refractivity contribution in [1.29, 1.82) is 0 Å². The molecule has 5 nitrogen and oxygen atoms in total. The van der Waals surface area contributed by atoms with Crippen molar-refractivity contribution in [3.8, 4) is 5.75 Å². The third-order valence-corrected chi connectivity index (χ3v) is 5.28. The van der Waals surface area contributed by atoms with Crippen LogP contribution in [-0.2, 0) is 11.2 Å². The summed E-state index contributed by atoms with van der Waals surface area (Å²) in [7, 11) is 0. The van der Waals surface area contributed by atoms with Crippen LogP contribution in [0.1, 0.15) is 36.1 Å². The lowest BCUT2D eigenvalue weighted by Crippen LogP contribution is -2.34. The first-order valence-corrected chi connectivity index (χ1v) is 9.84. The van der Waals surface area contributed by atoms with E-state index in [1.54, 1.807) is 23.2 Å². The van der Waals surface area contributed by atoms with Gasteiger partial charge in [0.25, 0.3) is 5.91 Å². The minimum absolute atomic E-state index is 0.160. The molecule has 1 saturated heterocycles. The normalized spacial score (nSPS) is 16.2. The fourth-order valence-corrected chi connectivity index (χ4v) is 3.70. The molecule has 1 atom stereocenters. The molecule has 1 amide bonds. The van der Waals surface area contributed by atoms with Crippen LogP contribution in [0.4, 0.5) is 4.39 Å². The smallest absolute Gasteiger partial charge is 0.261 e. The van der Waals surface area contributed by atoms with Crippen LogP contribution in [-0.4, -0.2) is 28.9 Å². The Morgan fingerprint density at radius 2 is 2.14 bits per heavy atom. The van der Waals surface area contributed by atoms with Crippen molar-refractivity contribution >= 4 is 17.5 Å². The van der Waals surface area contributed by atoms with Gasteiger partial charge in [-0.25, -0.2) is 9.37 Å². The SMILES string of the molecule is O=C(COc1cccc(F)c1)N1CCC[C@@H]1c1ncc(Cc2ccccc2Cl)o1. The number of nitrogens with zero attached hydrogens (tertiary/aromatic N) is 2. The standard InChI is InChI=1S/C22H20ClFN2O3/c23-19-8-2-1-5-15(19)11-18-13-25-22(29-18)20-9-4-10-26(20)21(27)14-28-17-7-3-6-16(24)12-17/h1-3,5-8,12-13,20H,4,9-11,14H2/t20-/m1/s1. The molecule has 0 spiro atoms. The highest BCUT2D eigenvalue weighted by molar-refractivity contribution is 6.31. The summed E-state index contributed by atoms with van der Waals surface area (Å²) in [6.45, 7) is 0.450. The van der Waals surface area contributed by atoms with Crippen molar-refractivity contribution in [2.24, 2.45) is 0 Å². The predicted molar refractivity (Wildman–Crippen MR) is 106 cm³/mol. The monoisotopic (exact) mass is 414 g/mol. The van der Waals surface area contributed by atoms with Crippen molar-refractivity contribution in [3.63, 3.8) is 0 Å². The summed E-state index contributed by atoms with van der Waals surface area (Å²) in [5.74, 6) is 0.960. The molecule has 0 unspecified atom stereocenters. The van der Waals surface area contributed by atoms with E-state index in [1.807, 2.05) is 24.3 Å². The van der Waals surface area contributed by atoms with Crippen LogP contribution in [0.5, 0.6) is 5.75 Å². The number of rotatable bonds is 6. The van der Waals surface area contributed by atoms with Crippen LogP contribution in [0.15, 0.2) is 59.1 Å². The highest BCUT2D eigenvalue weighted by Gasteiger charge is 2.33. The summed E-state index contributed by atoms with van der Waals surface area (Å²) >= 11 is 6.22. The average molecular weight is 415 g/mol. The lowest BCUT2D eigenvalue weighted by molar-refractivity contribution is -0.134. The van der Waals surface area contributed by atoms with Gasteiger partial charge in [-0.2, -0.15) is 0 Å². The number of ether oxygens (including phenoxy) is 1. The van der Waals surface area contributed by atoms with Gasteiger partial charge in [0.15, 0.2) is 6.61 Å². The number of likely N-dealkylation sites (tertiary alicyclic amines) is 1. The quantitative estimate of drug-likeness (QED) is 0.581. The first kappa shape index (κ1) is 19.5. The summed E-state index contributed by atoms with van der Waals surface area (Å²) in [6, 6.07) is 13.1. The molecule has 0 aliphatic carbocycles. The second kappa shape index (κ2) is 8.66. The minimum atomic E-state index is -0.403. The highest BCUT2D eigenvalue weighted by Crippen LogP contribution is 2.32. The molecule has 1 aliphatic heterocycles. The van der Waals surface area contributed by atoms with Crippen molar-refractivity contribution in [2.75, 3.05) is 13.2 Å². The van der Waals surface area contributed by atoms with Crippen LogP contribution >= 0.6 is 11.6 Å². The maximum Gasteiger partial charge on any atom is 0.261 e. The van der Waals surface area contributed by atoms with Gasteiger partial charge in [-0.3, -0.25) is 4.79 Å². The Morgan fingerprint density at radius 1 is 1.28 bits per heavy atom. The van der Waals surface area contributed by atoms with Gasteiger partial charge in [-0.1, -0.05) is 35.9 Å². The number of aromatic nitrogens is 1. The number of halogens is 2. The number of oxazole rings is 1. The van der Waals surface area contributed by atoms with Crippen molar-refractivity contribution in [3.05, 3.63) is 82.8 Å². The molecular weight excluding hydrogens is 395 g/mol. The van der Waals surface area contributed by atoms with Crippen LogP contribution in [0.3, 0.4) is 0 Å². The van der Waals surface area contributed by atoms with E-state index in [0.717, 1.165) is 18.4 Å². The fourth-order valence-electron chi connectivity index (χ4n) is 3.49. The second-order valence-corrected chi connectivity index (χ2v) is 7.33. The number of carbonyl (C=O) groups excluding carboxylic acids is 1. The Labute approximate surface area is 173 Å². The van der Waals surface area contributed by atoms with E-state index in [-0.39, 0.29) is 18.6 Å². The van der Waals surface area contributed by atoms with E-state index in [2.05, 4.69) is 4.98 Å². The molecule has 29 heavy (non-hydrogen) atoms. The summed E-state index contributed by atoms with van der Waals surface area (Å²) in [5, 5.41) is 0.678. The Bertz CT molecular complexity index is 1010. The topological polar surface area (TPSA) is 55.6 Å². The van der Waals surface area contributed by atoms with E-state index < -0.39 is 5.82 Å². The molecule has 1 aromatic heterocycles. The van der Waals surface area contributed by atoms with E-state index in [9.17, 15) is 9.18 Å². The minimum Gasteiger partial charge on any atom is -0.484 e. The Morgan fingerprint density at radius 3 is 2.97 bits per heavy atom. The molecule has 2 aromatic carbocycles. The molecule has 4 rings (SSSR count). The zero-order chi connectivity index (χ0) is 20.2. The molecule has 2 heterocycles. The number of carbonyl (C=O) groups is 1. The second-order valence-electron chi connectivity index (χ2n) is 6.92. The van der Waals surface area contributed by atoms with Crippen molar-refractivity contribution in [1.82, 2.24) is 9.88 Å². The number of benzene rings is 2. The van der Waals surface area contributed by atoms with Gasteiger partial charge in [-0.15, -0.1) is 0 Å². The van der Waals surface area contributed by atoms with Crippen molar-refractivity contribution < 1.29 is 18.3 Å². The van der Waals surface area contributed by atoms with Crippen LogP contribution in [0.2, 0.25) is 5.02 Å². The van der Waals surface area contributed by atoms with E-state index in [4.69, 9.17) is 20.8 Å². The summed E-state index contributed by atoms with van der Waals surface area (Å²) < 4.78 is 24.6.